The molecule has 0 radical (unpaired) electrons. The summed E-state index contributed by atoms with van der Waals surface area (Å²) >= 11 is 0. The van der Waals surface area contributed by atoms with Gasteiger partial charge in [-0.3, -0.25) is 4.79 Å². The van der Waals surface area contributed by atoms with E-state index in [1.807, 2.05) is 18.4 Å². The van der Waals surface area contributed by atoms with E-state index >= 15 is 0 Å². The van der Waals surface area contributed by atoms with Crippen molar-refractivity contribution >= 4 is 28.4 Å². The lowest BCUT2D eigenvalue weighted by Crippen LogP contribution is -2.81. The quantitative estimate of drug-likeness (QED) is 0.368. The van der Waals surface area contributed by atoms with Crippen LogP contribution in [0.25, 0.3) is 0 Å². The number of carbonyl (C=O) groups is 2. The largest absolute Gasteiger partial charge is 0.467 e. The van der Waals surface area contributed by atoms with E-state index in [1.165, 1.54) is 7.11 Å². The molecule has 0 spiro atoms. The molecule has 158 valence electrons. The number of nitrogens with zero attached hydrogens (tertiary/aromatic N) is 1. The summed E-state index contributed by atoms with van der Waals surface area (Å²) in [4.78, 5) is 26.2. The van der Waals surface area contributed by atoms with Crippen molar-refractivity contribution in [3.63, 3.8) is 0 Å². The van der Waals surface area contributed by atoms with Crippen molar-refractivity contribution in [2.24, 2.45) is 5.41 Å². The minimum Gasteiger partial charge on any atom is -0.467 e. The number of hydrogen-bond donors (Lipinski definition) is 0. The molecule has 0 unspecified atom stereocenters. The molecule has 1 heterocycles. The molecule has 5 nitrogen and oxygen atoms in total. The van der Waals surface area contributed by atoms with Gasteiger partial charge < -0.3 is 13.7 Å². The number of carbonyl (C=O) groups excluding carboxylic acids is 2. The number of rotatable bonds is 5. The van der Waals surface area contributed by atoms with Gasteiger partial charge in [-0.1, -0.05) is 54.6 Å². The summed E-state index contributed by atoms with van der Waals surface area (Å²) in [5.74, 6) is -0.316. The molecular weight excluding hydrogens is 374 g/mol. The minimum absolute atomic E-state index is 0.0238. The van der Waals surface area contributed by atoms with Crippen molar-refractivity contribution in [1.82, 2.24) is 4.57 Å². The highest BCUT2D eigenvalue weighted by Crippen LogP contribution is 2.52. The first-order chi connectivity index (χ1) is 11.8. The Labute approximate surface area is 168 Å². The first kappa shape index (κ1) is 24.4. The number of hydrogen-bond acceptors (Lipinski definition) is 4. The zero-order valence-corrected chi connectivity index (χ0v) is 21.7. The maximum absolute atomic E-state index is 13.5. The molecule has 0 aliphatic carbocycles. The van der Waals surface area contributed by atoms with Crippen LogP contribution < -0.4 is 0 Å². The Balaban J connectivity index is 3.34. The smallest absolute Gasteiger partial charge is 0.329 e. The number of amides is 1. The molecule has 1 aliphatic heterocycles. The molecule has 1 fully saturated rings. The summed E-state index contributed by atoms with van der Waals surface area (Å²) in [5.41, 5.74) is -0.891. The summed E-state index contributed by atoms with van der Waals surface area (Å²) in [5, 5.41) is -0.0237. The molecule has 0 aromatic carbocycles. The zero-order chi connectivity index (χ0) is 21.8. The van der Waals surface area contributed by atoms with Crippen LogP contribution in [0.4, 0.5) is 0 Å². The number of ether oxygens (including phenoxy) is 1. The summed E-state index contributed by atoms with van der Waals surface area (Å²) in [6.45, 7) is 25.4. The Kier molecular flexibility index (Phi) is 6.31. The Bertz CT molecular complexity index is 604. The van der Waals surface area contributed by atoms with E-state index in [2.05, 4.69) is 67.7 Å². The van der Waals surface area contributed by atoms with Crippen LogP contribution in [0.15, 0.2) is 0 Å². The van der Waals surface area contributed by atoms with Crippen molar-refractivity contribution in [3.05, 3.63) is 0 Å². The average Bonchev–Trinajstić information content (AvgIpc) is 2.47. The van der Waals surface area contributed by atoms with Crippen LogP contribution in [-0.4, -0.2) is 52.3 Å². The lowest BCUT2D eigenvalue weighted by molar-refractivity contribution is -0.185. The molecule has 1 aliphatic rings. The van der Waals surface area contributed by atoms with Gasteiger partial charge in [-0.15, -0.1) is 0 Å². The highest BCUT2D eigenvalue weighted by molar-refractivity contribution is 6.80. The lowest BCUT2D eigenvalue weighted by atomic mass is 9.70. The molecule has 7 heteroatoms. The molecule has 3 atom stereocenters. The molecule has 27 heavy (non-hydrogen) atoms. The van der Waals surface area contributed by atoms with Crippen LogP contribution in [0.5, 0.6) is 0 Å². The SMILES string of the molecule is COC(=O)[C@@H]1N([Si](C)(C)C(C)(C)C)C(=O)[C@]1(C)[C@@H](C)O[Si](C)(C)C(C)(C)C. The normalized spacial score (nSPS) is 25.9. The van der Waals surface area contributed by atoms with Gasteiger partial charge in [-0.25, -0.2) is 4.79 Å². The minimum atomic E-state index is -2.22. The fourth-order valence-corrected chi connectivity index (χ4v) is 7.21. The zero-order valence-electron chi connectivity index (χ0n) is 19.7. The lowest BCUT2D eigenvalue weighted by Gasteiger charge is -2.63. The second-order valence-corrected chi connectivity index (χ2v) is 21.1. The molecule has 0 saturated carbocycles. The average molecular weight is 416 g/mol. The van der Waals surface area contributed by atoms with Gasteiger partial charge in [0, 0.05) is 0 Å². The molecule has 1 rings (SSSR count). The fraction of sp³-hybridized carbons (Fsp3) is 0.900. The number of β-lactam (4-membered cyclic amide) rings is 1. The standard InChI is InChI=1S/C20H41NO4Si2/c1-14(25-27(12,13)19(5,6)7)20(8)15(16(22)24-9)21(17(20)23)26(10,11)18(2,3)4/h14-15H,1-13H3/t14-,15+,20-/m1/s1. The van der Waals surface area contributed by atoms with E-state index in [9.17, 15) is 9.59 Å². The van der Waals surface area contributed by atoms with Crippen LogP contribution >= 0.6 is 0 Å². The van der Waals surface area contributed by atoms with Gasteiger partial charge >= 0.3 is 5.97 Å². The van der Waals surface area contributed by atoms with E-state index in [0.29, 0.717) is 0 Å². The second-order valence-electron chi connectivity index (χ2n) is 11.2. The predicted octanol–water partition coefficient (Wildman–Crippen LogP) is 4.79. The van der Waals surface area contributed by atoms with E-state index in [4.69, 9.17) is 9.16 Å². The van der Waals surface area contributed by atoms with Gasteiger partial charge in [0.2, 0.25) is 5.91 Å². The first-order valence-electron chi connectivity index (χ1n) is 9.86. The molecular formula is C20H41NO4Si2. The van der Waals surface area contributed by atoms with Gasteiger partial charge in [-0.05, 0) is 37.0 Å². The second kappa shape index (κ2) is 6.99. The topological polar surface area (TPSA) is 55.8 Å². The predicted molar refractivity (Wildman–Crippen MR) is 116 cm³/mol. The molecule has 1 saturated heterocycles. The number of esters is 1. The van der Waals surface area contributed by atoms with Crippen LogP contribution in [0.3, 0.4) is 0 Å². The Morgan fingerprint density at radius 1 is 1.07 bits per heavy atom. The maximum Gasteiger partial charge on any atom is 0.329 e. The van der Waals surface area contributed by atoms with Gasteiger partial charge in [0.05, 0.1) is 13.2 Å². The maximum atomic E-state index is 13.5. The molecule has 0 N–H and O–H groups in total. The number of methoxy groups -OCH3 is 1. The third kappa shape index (κ3) is 3.79. The fourth-order valence-electron chi connectivity index (χ4n) is 3.23. The molecule has 0 bridgehead atoms. The molecule has 0 aromatic heterocycles. The Morgan fingerprint density at radius 3 is 1.85 bits per heavy atom. The van der Waals surface area contributed by atoms with Crippen LogP contribution in [0.2, 0.25) is 36.3 Å². The summed E-state index contributed by atoms with van der Waals surface area (Å²) < 4.78 is 13.5. The first-order valence-corrected chi connectivity index (χ1v) is 15.7. The summed E-state index contributed by atoms with van der Waals surface area (Å²) in [7, 11) is -2.90. The van der Waals surface area contributed by atoms with Gasteiger partial charge in [0.15, 0.2) is 16.6 Å². The third-order valence-electron chi connectivity index (χ3n) is 7.49. The van der Waals surface area contributed by atoms with Crippen molar-refractivity contribution in [3.8, 4) is 0 Å². The molecule has 1 amide bonds. The van der Waals surface area contributed by atoms with Gasteiger partial charge in [0.25, 0.3) is 0 Å². The van der Waals surface area contributed by atoms with Crippen LogP contribution in [0, 0.1) is 5.41 Å². The van der Waals surface area contributed by atoms with E-state index in [1.54, 1.807) is 0 Å². The van der Waals surface area contributed by atoms with Crippen molar-refractivity contribution in [1.29, 1.82) is 0 Å². The summed E-state index contributed by atoms with van der Waals surface area (Å²) in [6.07, 6.45) is -0.351. The van der Waals surface area contributed by atoms with E-state index in [-0.39, 0.29) is 28.1 Å². The van der Waals surface area contributed by atoms with Crippen molar-refractivity contribution < 1.29 is 18.8 Å². The third-order valence-corrected chi connectivity index (χ3v) is 17.4. The Morgan fingerprint density at radius 2 is 1.52 bits per heavy atom. The highest BCUT2D eigenvalue weighted by atomic mass is 28.4. The van der Waals surface area contributed by atoms with Crippen molar-refractivity contribution in [2.45, 2.75) is 104 Å². The Hall–Kier alpha value is -0.666. The van der Waals surface area contributed by atoms with Gasteiger partial charge in [-0.2, -0.15) is 0 Å². The molecule has 0 aromatic rings. The van der Waals surface area contributed by atoms with E-state index in [0.717, 1.165) is 0 Å². The van der Waals surface area contributed by atoms with Crippen LogP contribution in [-0.2, 0) is 18.8 Å². The monoisotopic (exact) mass is 415 g/mol. The highest BCUT2D eigenvalue weighted by Gasteiger charge is 2.69. The van der Waals surface area contributed by atoms with E-state index < -0.39 is 28.0 Å². The van der Waals surface area contributed by atoms with Crippen LogP contribution in [0.1, 0.15) is 55.4 Å². The van der Waals surface area contributed by atoms with Crippen molar-refractivity contribution in [2.75, 3.05) is 7.11 Å². The summed E-state index contributed by atoms with van der Waals surface area (Å²) in [6, 6.07) is -0.587. The van der Waals surface area contributed by atoms with Gasteiger partial charge in [0.1, 0.15) is 11.5 Å².